The van der Waals surface area contributed by atoms with Gasteiger partial charge >= 0.3 is 0 Å². The number of piperidine rings is 1. The quantitative estimate of drug-likeness (QED) is 0.868. The SMILES string of the molecule is CC(=O)NC1CCN(c2ccc3c(c2)NCCC3)CC1. The lowest BCUT2D eigenvalue weighted by atomic mass is 10.0. The number of nitrogens with one attached hydrogen (secondary N) is 2. The molecule has 1 fully saturated rings. The normalized spacial score (nSPS) is 19.1. The third kappa shape index (κ3) is 2.89. The molecule has 20 heavy (non-hydrogen) atoms. The molecular weight excluding hydrogens is 250 g/mol. The third-order valence-electron chi connectivity index (χ3n) is 4.30. The van der Waals surface area contributed by atoms with Crippen molar-refractivity contribution in [1.29, 1.82) is 0 Å². The predicted octanol–water partition coefficient (Wildman–Crippen LogP) is 2.15. The maximum Gasteiger partial charge on any atom is 0.217 e. The van der Waals surface area contributed by atoms with Crippen molar-refractivity contribution in [3.05, 3.63) is 23.8 Å². The fourth-order valence-corrected chi connectivity index (χ4v) is 3.22. The Morgan fingerprint density at radius 2 is 2.15 bits per heavy atom. The number of hydrogen-bond acceptors (Lipinski definition) is 3. The minimum Gasteiger partial charge on any atom is -0.385 e. The van der Waals surface area contributed by atoms with Gasteiger partial charge in [-0.15, -0.1) is 0 Å². The van der Waals surface area contributed by atoms with Gasteiger partial charge < -0.3 is 15.5 Å². The average molecular weight is 273 g/mol. The van der Waals surface area contributed by atoms with Crippen molar-refractivity contribution in [3.63, 3.8) is 0 Å². The summed E-state index contributed by atoms with van der Waals surface area (Å²) < 4.78 is 0. The molecule has 1 aromatic rings. The summed E-state index contributed by atoms with van der Waals surface area (Å²) in [4.78, 5) is 13.5. The monoisotopic (exact) mass is 273 g/mol. The largest absolute Gasteiger partial charge is 0.385 e. The second-order valence-corrected chi connectivity index (χ2v) is 5.83. The first kappa shape index (κ1) is 13.3. The molecule has 0 unspecified atom stereocenters. The van der Waals surface area contributed by atoms with E-state index in [1.165, 1.54) is 29.8 Å². The van der Waals surface area contributed by atoms with Crippen molar-refractivity contribution in [2.24, 2.45) is 0 Å². The number of carbonyl (C=O) groups is 1. The number of nitrogens with zero attached hydrogens (tertiary/aromatic N) is 1. The summed E-state index contributed by atoms with van der Waals surface area (Å²) in [5.41, 5.74) is 4.05. The Hall–Kier alpha value is -1.71. The van der Waals surface area contributed by atoms with E-state index >= 15 is 0 Å². The zero-order chi connectivity index (χ0) is 13.9. The van der Waals surface area contributed by atoms with Crippen molar-refractivity contribution >= 4 is 17.3 Å². The number of fused-ring (bicyclic) bond motifs is 1. The maximum absolute atomic E-state index is 11.1. The molecule has 4 nitrogen and oxygen atoms in total. The number of amides is 1. The first-order valence-electron chi connectivity index (χ1n) is 7.61. The van der Waals surface area contributed by atoms with Crippen LogP contribution in [0.2, 0.25) is 0 Å². The summed E-state index contributed by atoms with van der Waals surface area (Å²) in [7, 11) is 0. The molecule has 2 heterocycles. The van der Waals surface area contributed by atoms with E-state index in [1.54, 1.807) is 6.92 Å². The molecule has 2 aliphatic rings. The van der Waals surface area contributed by atoms with Gasteiger partial charge in [0.15, 0.2) is 0 Å². The van der Waals surface area contributed by atoms with Crippen molar-refractivity contribution in [1.82, 2.24) is 5.32 Å². The van der Waals surface area contributed by atoms with Crippen LogP contribution in [0.3, 0.4) is 0 Å². The third-order valence-corrected chi connectivity index (χ3v) is 4.30. The van der Waals surface area contributed by atoms with E-state index < -0.39 is 0 Å². The first-order valence-corrected chi connectivity index (χ1v) is 7.61. The van der Waals surface area contributed by atoms with Gasteiger partial charge in [0.1, 0.15) is 0 Å². The van der Waals surface area contributed by atoms with E-state index in [4.69, 9.17) is 0 Å². The predicted molar refractivity (Wildman–Crippen MR) is 82.3 cm³/mol. The Bertz CT molecular complexity index is 492. The second-order valence-electron chi connectivity index (χ2n) is 5.83. The van der Waals surface area contributed by atoms with E-state index in [2.05, 4.69) is 33.7 Å². The number of hydrogen-bond donors (Lipinski definition) is 2. The molecule has 1 aromatic carbocycles. The van der Waals surface area contributed by atoms with Crippen LogP contribution in [0.1, 0.15) is 31.7 Å². The van der Waals surface area contributed by atoms with Crippen LogP contribution in [0.15, 0.2) is 18.2 Å². The smallest absolute Gasteiger partial charge is 0.217 e. The highest BCUT2D eigenvalue weighted by molar-refractivity contribution is 5.73. The van der Waals surface area contributed by atoms with Crippen molar-refractivity contribution in [2.75, 3.05) is 29.9 Å². The van der Waals surface area contributed by atoms with E-state index in [9.17, 15) is 4.79 Å². The van der Waals surface area contributed by atoms with Crippen LogP contribution in [0.5, 0.6) is 0 Å². The molecule has 2 N–H and O–H groups in total. The van der Waals surface area contributed by atoms with Crippen LogP contribution < -0.4 is 15.5 Å². The molecule has 0 aliphatic carbocycles. The number of rotatable bonds is 2. The fourth-order valence-electron chi connectivity index (χ4n) is 3.22. The van der Waals surface area contributed by atoms with Crippen LogP contribution in [-0.2, 0) is 11.2 Å². The first-order chi connectivity index (χ1) is 9.72. The minimum atomic E-state index is 0.0847. The summed E-state index contributed by atoms with van der Waals surface area (Å²) in [6, 6.07) is 7.13. The van der Waals surface area contributed by atoms with Crippen LogP contribution in [0.25, 0.3) is 0 Å². The maximum atomic E-state index is 11.1. The zero-order valence-corrected chi connectivity index (χ0v) is 12.1. The fraction of sp³-hybridized carbons (Fsp3) is 0.562. The van der Waals surface area contributed by atoms with Gasteiger partial charge in [-0.1, -0.05) is 6.07 Å². The molecule has 3 rings (SSSR count). The standard InChI is InChI=1S/C16H23N3O/c1-12(20)18-14-6-9-19(10-7-14)15-5-4-13-3-2-8-17-16(13)11-15/h4-5,11,14,17H,2-3,6-10H2,1H3,(H,18,20). The van der Waals surface area contributed by atoms with Gasteiger partial charge in [-0.3, -0.25) is 4.79 Å². The Morgan fingerprint density at radius 1 is 1.35 bits per heavy atom. The number of aryl methyl sites for hydroxylation is 1. The molecule has 0 saturated carbocycles. The molecule has 108 valence electrons. The molecular formula is C16H23N3O. The van der Waals surface area contributed by atoms with Crippen LogP contribution in [0, 0.1) is 0 Å². The molecule has 0 bridgehead atoms. The highest BCUT2D eigenvalue weighted by Crippen LogP contribution is 2.28. The van der Waals surface area contributed by atoms with Crippen LogP contribution in [0.4, 0.5) is 11.4 Å². The minimum absolute atomic E-state index is 0.0847. The van der Waals surface area contributed by atoms with E-state index in [1.807, 2.05) is 0 Å². The molecule has 0 atom stereocenters. The van der Waals surface area contributed by atoms with Crippen molar-refractivity contribution < 1.29 is 4.79 Å². The van der Waals surface area contributed by atoms with E-state index in [0.29, 0.717) is 6.04 Å². The van der Waals surface area contributed by atoms with Crippen LogP contribution >= 0.6 is 0 Å². The molecule has 0 radical (unpaired) electrons. The average Bonchev–Trinajstić information content (AvgIpc) is 2.47. The van der Waals surface area contributed by atoms with Crippen molar-refractivity contribution in [2.45, 2.75) is 38.6 Å². The lowest BCUT2D eigenvalue weighted by Crippen LogP contribution is -2.44. The highest BCUT2D eigenvalue weighted by Gasteiger charge is 2.20. The van der Waals surface area contributed by atoms with Gasteiger partial charge in [0, 0.05) is 44.0 Å². The molecule has 1 amide bonds. The number of benzene rings is 1. The molecule has 0 spiro atoms. The Labute approximate surface area is 120 Å². The Morgan fingerprint density at radius 3 is 2.90 bits per heavy atom. The van der Waals surface area contributed by atoms with E-state index in [0.717, 1.165) is 32.5 Å². The molecule has 1 saturated heterocycles. The lowest BCUT2D eigenvalue weighted by Gasteiger charge is -2.34. The summed E-state index contributed by atoms with van der Waals surface area (Å²) in [5, 5.41) is 6.52. The Balaban J connectivity index is 1.64. The number of anilines is 2. The molecule has 2 aliphatic heterocycles. The molecule has 4 heteroatoms. The Kier molecular flexibility index (Phi) is 3.81. The van der Waals surface area contributed by atoms with Gasteiger partial charge in [0.25, 0.3) is 0 Å². The highest BCUT2D eigenvalue weighted by atomic mass is 16.1. The summed E-state index contributed by atoms with van der Waals surface area (Å²) in [6.07, 6.45) is 4.48. The van der Waals surface area contributed by atoms with Crippen LogP contribution in [-0.4, -0.2) is 31.6 Å². The van der Waals surface area contributed by atoms with Gasteiger partial charge in [-0.05, 0) is 43.4 Å². The van der Waals surface area contributed by atoms with Gasteiger partial charge in [-0.2, -0.15) is 0 Å². The van der Waals surface area contributed by atoms with Gasteiger partial charge in [0.2, 0.25) is 5.91 Å². The van der Waals surface area contributed by atoms with E-state index in [-0.39, 0.29) is 5.91 Å². The van der Waals surface area contributed by atoms with Gasteiger partial charge in [-0.25, -0.2) is 0 Å². The zero-order valence-electron chi connectivity index (χ0n) is 12.1. The summed E-state index contributed by atoms with van der Waals surface area (Å²) >= 11 is 0. The topological polar surface area (TPSA) is 44.4 Å². The summed E-state index contributed by atoms with van der Waals surface area (Å²) in [6.45, 7) is 4.72. The summed E-state index contributed by atoms with van der Waals surface area (Å²) in [5.74, 6) is 0.0847. The second kappa shape index (κ2) is 5.73. The van der Waals surface area contributed by atoms with Crippen molar-refractivity contribution in [3.8, 4) is 0 Å². The van der Waals surface area contributed by atoms with Gasteiger partial charge in [0.05, 0.1) is 0 Å². The number of carbonyl (C=O) groups excluding carboxylic acids is 1. The molecule has 0 aromatic heterocycles. The lowest BCUT2D eigenvalue weighted by molar-refractivity contribution is -0.119.